The van der Waals surface area contributed by atoms with Crippen molar-refractivity contribution in [3.63, 3.8) is 0 Å². The number of hydrogen-bond donors (Lipinski definition) is 1. The maximum absolute atomic E-state index is 5.17. The van der Waals surface area contributed by atoms with E-state index in [9.17, 15) is 0 Å². The highest BCUT2D eigenvalue weighted by atomic mass is 32.1. The Bertz CT molecular complexity index is 754. The summed E-state index contributed by atoms with van der Waals surface area (Å²) in [5.41, 5.74) is 2.23. The summed E-state index contributed by atoms with van der Waals surface area (Å²) in [6, 6.07) is 14.2. The van der Waals surface area contributed by atoms with Crippen molar-refractivity contribution in [3.05, 3.63) is 59.1 Å². The molecule has 0 aliphatic heterocycles. The molecule has 4 nitrogen and oxygen atoms in total. The highest BCUT2D eigenvalue weighted by molar-refractivity contribution is 7.13. The monoisotopic (exact) mass is 325 g/mol. The lowest BCUT2D eigenvalue weighted by Gasteiger charge is -2.08. The average Bonchev–Trinajstić information content (AvgIpc) is 3.09. The molecule has 0 aliphatic carbocycles. The fraction of sp³-hybridized carbons (Fsp3) is 0.222. The summed E-state index contributed by atoms with van der Waals surface area (Å²) in [6.45, 7) is 2.82. The number of hydrogen-bond acceptors (Lipinski definition) is 5. The molecule has 0 fully saturated rings. The summed E-state index contributed by atoms with van der Waals surface area (Å²) in [7, 11) is 1.68. The van der Waals surface area contributed by atoms with Crippen LogP contribution in [0.3, 0.4) is 0 Å². The molecule has 23 heavy (non-hydrogen) atoms. The first kappa shape index (κ1) is 15.5. The van der Waals surface area contributed by atoms with E-state index in [1.54, 1.807) is 18.4 Å². The van der Waals surface area contributed by atoms with Crippen molar-refractivity contribution in [1.82, 2.24) is 9.97 Å². The van der Waals surface area contributed by atoms with Crippen LogP contribution < -0.4 is 10.1 Å². The molecule has 2 aromatic heterocycles. The van der Waals surface area contributed by atoms with Gasteiger partial charge in [0, 0.05) is 18.3 Å². The van der Waals surface area contributed by atoms with Crippen molar-refractivity contribution in [2.45, 2.75) is 13.3 Å². The SMILES string of the molecule is COc1ccc(CCNc2cc(C)nc(-c3cccs3)n2)cc1. The van der Waals surface area contributed by atoms with Gasteiger partial charge in [0.25, 0.3) is 0 Å². The summed E-state index contributed by atoms with van der Waals surface area (Å²) < 4.78 is 5.17. The lowest BCUT2D eigenvalue weighted by Crippen LogP contribution is -2.07. The Kier molecular flexibility index (Phi) is 4.88. The normalized spacial score (nSPS) is 10.5. The maximum Gasteiger partial charge on any atom is 0.171 e. The van der Waals surface area contributed by atoms with Gasteiger partial charge < -0.3 is 10.1 Å². The first-order valence-corrected chi connectivity index (χ1v) is 8.39. The zero-order chi connectivity index (χ0) is 16.1. The zero-order valence-electron chi connectivity index (χ0n) is 13.2. The Morgan fingerprint density at radius 2 is 1.96 bits per heavy atom. The fourth-order valence-electron chi connectivity index (χ4n) is 2.30. The van der Waals surface area contributed by atoms with Gasteiger partial charge in [-0.3, -0.25) is 0 Å². The van der Waals surface area contributed by atoms with Gasteiger partial charge in [-0.05, 0) is 42.5 Å². The van der Waals surface area contributed by atoms with E-state index >= 15 is 0 Å². The van der Waals surface area contributed by atoms with E-state index in [-0.39, 0.29) is 0 Å². The molecule has 0 saturated carbocycles. The molecule has 1 aromatic carbocycles. The van der Waals surface area contributed by atoms with E-state index in [0.717, 1.165) is 40.9 Å². The molecule has 0 bridgehead atoms. The zero-order valence-corrected chi connectivity index (χ0v) is 14.1. The molecule has 0 unspecified atom stereocenters. The van der Waals surface area contributed by atoms with E-state index in [1.165, 1.54) is 5.56 Å². The Balaban J connectivity index is 1.63. The predicted octanol–water partition coefficient (Wildman–Crippen LogP) is 4.18. The maximum atomic E-state index is 5.17. The van der Waals surface area contributed by atoms with E-state index in [0.29, 0.717) is 0 Å². The number of aromatic nitrogens is 2. The first-order chi connectivity index (χ1) is 11.2. The van der Waals surface area contributed by atoms with Gasteiger partial charge in [0.05, 0.1) is 12.0 Å². The fourth-order valence-corrected chi connectivity index (χ4v) is 2.96. The van der Waals surface area contributed by atoms with E-state index in [1.807, 2.05) is 42.6 Å². The lowest BCUT2D eigenvalue weighted by atomic mass is 10.1. The number of nitrogens with one attached hydrogen (secondary N) is 1. The highest BCUT2D eigenvalue weighted by Crippen LogP contribution is 2.22. The summed E-state index contributed by atoms with van der Waals surface area (Å²) in [5.74, 6) is 2.54. The third-order valence-corrected chi connectivity index (χ3v) is 4.34. The predicted molar refractivity (Wildman–Crippen MR) is 95.3 cm³/mol. The standard InChI is InChI=1S/C18H19N3OS/c1-13-12-17(21-18(20-13)16-4-3-11-23-16)19-10-9-14-5-7-15(22-2)8-6-14/h3-8,11-12H,9-10H2,1-2H3,(H,19,20,21). The van der Waals surface area contributed by atoms with Crippen LogP contribution in [0.15, 0.2) is 47.8 Å². The Morgan fingerprint density at radius 3 is 2.65 bits per heavy atom. The molecule has 2 heterocycles. The Labute approximate surface area is 140 Å². The molecule has 118 valence electrons. The van der Waals surface area contributed by atoms with Crippen molar-refractivity contribution in [1.29, 1.82) is 0 Å². The van der Waals surface area contributed by atoms with Crippen molar-refractivity contribution in [3.8, 4) is 16.5 Å². The van der Waals surface area contributed by atoms with Crippen molar-refractivity contribution >= 4 is 17.2 Å². The third-order valence-electron chi connectivity index (χ3n) is 3.47. The number of benzene rings is 1. The van der Waals surface area contributed by atoms with Crippen LogP contribution in [-0.4, -0.2) is 23.6 Å². The van der Waals surface area contributed by atoms with Gasteiger partial charge in [-0.1, -0.05) is 18.2 Å². The number of thiophene rings is 1. The van der Waals surface area contributed by atoms with Crippen LogP contribution in [0.25, 0.3) is 10.7 Å². The quantitative estimate of drug-likeness (QED) is 0.738. The number of aryl methyl sites for hydroxylation is 1. The Hall–Kier alpha value is -2.40. The van der Waals surface area contributed by atoms with Crippen molar-refractivity contribution < 1.29 is 4.74 Å². The second-order valence-corrected chi connectivity index (χ2v) is 6.17. The largest absolute Gasteiger partial charge is 0.497 e. The van der Waals surface area contributed by atoms with Gasteiger partial charge in [-0.25, -0.2) is 9.97 Å². The van der Waals surface area contributed by atoms with E-state index in [2.05, 4.69) is 27.4 Å². The van der Waals surface area contributed by atoms with Crippen LogP contribution in [0.5, 0.6) is 5.75 Å². The van der Waals surface area contributed by atoms with Gasteiger partial charge in [0.2, 0.25) is 0 Å². The molecule has 0 amide bonds. The molecule has 0 atom stereocenters. The number of nitrogens with zero attached hydrogens (tertiary/aromatic N) is 2. The Morgan fingerprint density at radius 1 is 1.13 bits per heavy atom. The summed E-state index contributed by atoms with van der Waals surface area (Å²) in [4.78, 5) is 10.2. The van der Waals surface area contributed by atoms with E-state index < -0.39 is 0 Å². The van der Waals surface area contributed by atoms with Gasteiger partial charge in [0.1, 0.15) is 11.6 Å². The molecular formula is C18H19N3OS. The molecule has 1 N–H and O–H groups in total. The molecular weight excluding hydrogens is 306 g/mol. The lowest BCUT2D eigenvalue weighted by molar-refractivity contribution is 0.414. The molecule has 3 rings (SSSR count). The molecule has 0 aliphatic rings. The first-order valence-electron chi connectivity index (χ1n) is 7.51. The molecule has 0 saturated heterocycles. The molecule has 0 spiro atoms. The second kappa shape index (κ2) is 7.24. The van der Waals surface area contributed by atoms with Gasteiger partial charge in [0.15, 0.2) is 5.82 Å². The number of rotatable bonds is 6. The molecule has 5 heteroatoms. The van der Waals surface area contributed by atoms with Crippen LogP contribution in [0.2, 0.25) is 0 Å². The van der Waals surface area contributed by atoms with Gasteiger partial charge in [-0.2, -0.15) is 0 Å². The summed E-state index contributed by atoms with van der Waals surface area (Å²) in [5, 5.41) is 5.43. The van der Waals surface area contributed by atoms with Gasteiger partial charge in [-0.15, -0.1) is 11.3 Å². The number of ether oxygens (including phenoxy) is 1. The average molecular weight is 325 g/mol. The van der Waals surface area contributed by atoms with Crippen LogP contribution in [0.4, 0.5) is 5.82 Å². The number of anilines is 1. The van der Waals surface area contributed by atoms with Crippen LogP contribution >= 0.6 is 11.3 Å². The molecule has 3 aromatic rings. The minimum absolute atomic E-state index is 0.784. The van der Waals surface area contributed by atoms with Crippen LogP contribution in [0, 0.1) is 6.92 Å². The molecule has 0 radical (unpaired) electrons. The van der Waals surface area contributed by atoms with Crippen LogP contribution in [-0.2, 0) is 6.42 Å². The van der Waals surface area contributed by atoms with Crippen LogP contribution in [0.1, 0.15) is 11.3 Å². The van der Waals surface area contributed by atoms with Crippen molar-refractivity contribution in [2.75, 3.05) is 19.0 Å². The van der Waals surface area contributed by atoms with Gasteiger partial charge >= 0.3 is 0 Å². The minimum atomic E-state index is 0.784. The van der Waals surface area contributed by atoms with E-state index in [4.69, 9.17) is 4.74 Å². The van der Waals surface area contributed by atoms with Crippen molar-refractivity contribution in [2.24, 2.45) is 0 Å². The smallest absolute Gasteiger partial charge is 0.171 e. The third kappa shape index (κ3) is 4.07. The topological polar surface area (TPSA) is 47.0 Å². The summed E-state index contributed by atoms with van der Waals surface area (Å²) in [6.07, 6.45) is 0.932. The highest BCUT2D eigenvalue weighted by Gasteiger charge is 2.05. The number of methoxy groups -OCH3 is 1. The minimum Gasteiger partial charge on any atom is -0.497 e. The summed E-state index contributed by atoms with van der Waals surface area (Å²) >= 11 is 1.65. The second-order valence-electron chi connectivity index (χ2n) is 5.22.